The molecule has 0 radical (unpaired) electrons. The molecule has 3 atom stereocenters. The quantitative estimate of drug-likeness (QED) is 0.786. The molecule has 2 rings (SSSR count). The van der Waals surface area contributed by atoms with Gasteiger partial charge in [0, 0.05) is 6.04 Å². The van der Waals surface area contributed by atoms with Crippen LogP contribution in [0.5, 0.6) is 0 Å². The van der Waals surface area contributed by atoms with E-state index < -0.39 is 6.09 Å². The maximum Gasteiger partial charge on any atom is 0.410 e. The predicted octanol–water partition coefficient (Wildman–Crippen LogP) is 2.62. The van der Waals surface area contributed by atoms with Crippen LogP contribution in [0.4, 0.5) is 4.79 Å². The summed E-state index contributed by atoms with van der Waals surface area (Å²) in [6, 6.07) is 9.21. The monoisotopic (exact) mass is 261 g/mol. The lowest BCUT2D eigenvalue weighted by molar-refractivity contribution is -0.111. The number of aldehydes is 1. The summed E-state index contributed by atoms with van der Waals surface area (Å²) in [5.74, 6) is 0.319. The largest absolute Gasteiger partial charge is 0.445 e. The molecule has 1 heterocycles. The van der Waals surface area contributed by atoms with Crippen molar-refractivity contribution in [3.8, 4) is 0 Å². The smallest absolute Gasteiger partial charge is 0.410 e. The lowest BCUT2D eigenvalue weighted by Gasteiger charge is -2.25. The number of ether oxygens (including phenoxy) is 1. The molecule has 4 nitrogen and oxygen atoms in total. The van der Waals surface area contributed by atoms with E-state index in [9.17, 15) is 9.59 Å². The number of rotatable bonds is 3. The molecule has 1 aliphatic rings. The van der Waals surface area contributed by atoms with Crippen LogP contribution in [0, 0.1) is 5.92 Å². The first-order valence-corrected chi connectivity index (χ1v) is 6.57. The van der Waals surface area contributed by atoms with Gasteiger partial charge in [-0.15, -0.1) is 0 Å². The van der Waals surface area contributed by atoms with Gasteiger partial charge in [-0.1, -0.05) is 37.3 Å². The van der Waals surface area contributed by atoms with Gasteiger partial charge in [0.1, 0.15) is 12.9 Å². The number of likely N-dealkylation sites (tertiary alicyclic amines) is 1. The van der Waals surface area contributed by atoms with E-state index in [4.69, 9.17) is 4.74 Å². The molecule has 0 spiro atoms. The van der Waals surface area contributed by atoms with Gasteiger partial charge in [-0.3, -0.25) is 4.90 Å². The molecule has 0 aliphatic carbocycles. The molecule has 4 heteroatoms. The van der Waals surface area contributed by atoms with Gasteiger partial charge in [-0.05, 0) is 24.8 Å². The fourth-order valence-electron chi connectivity index (χ4n) is 2.48. The van der Waals surface area contributed by atoms with Crippen LogP contribution >= 0.6 is 0 Å². The minimum Gasteiger partial charge on any atom is -0.445 e. The second-order valence-electron chi connectivity index (χ2n) is 5.10. The second-order valence-corrected chi connectivity index (χ2v) is 5.10. The molecule has 1 aromatic rings. The lowest BCUT2D eigenvalue weighted by atomic mass is 10.0. The van der Waals surface area contributed by atoms with E-state index in [1.807, 2.05) is 44.2 Å². The minimum absolute atomic E-state index is 0.0403. The number of hydrogen-bond acceptors (Lipinski definition) is 3. The maximum absolute atomic E-state index is 12.1. The van der Waals surface area contributed by atoms with Crippen molar-refractivity contribution in [1.29, 1.82) is 0 Å². The molecule has 1 fully saturated rings. The number of carbonyl (C=O) groups excluding carboxylic acids is 2. The van der Waals surface area contributed by atoms with Crippen molar-refractivity contribution < 1.29 is 14.3 Å². The Kier molecular flexibility index (Phi) is 4.20. The highest BCUT2D eigenvalue weighted by molar-refractivity contribution is 5.74. The summed E-state index contributed by atoms with van der Waals surface area (Å²) < 4.78 is 5.29. The number of hydrogen-bond donors (Lipinski definition) is 0. The van der Waals surface area contributed by atoms with Crippen molar-refractivity contribution >= 4 is 12.4 Å². The van der Waals surface area contributed by atoms with E-state index in [1.54, 1.807) is 4.90 Å². The van der Waals surface area contributed by atoms with Crippen LogP contribution in [-0.4, -0.2) is 29.4 Å². The van der Waals surface area contributed by atoms with Gasteiger partial charge < -0.3 is 9.53 Å². The van der Waals surface area contributed by atoms with Crippen molar-refractivity contribution in [3.05, 3.63) is 35.9 Å². The molecule has 0 N–H and O–H groups in total. The summed E-state index contributed by atoms with van der Waals surface area (Å²) >= 11 is 0. The molecule has 19 heavy (non-hydrogen) atoms. The highest BCUT2D eigenvalue weighted by Gasteiger charge is 2.39. The Morgan fingerprint density at radius 3 is 2.68 bits per heavy atom. The van der Waals surface area contributed by atoms with E-state index in [-0.39, 0.29) is 18.7 Å². The topological polar surface area (TPSA) is 46.6 Å². The molecule has 1 amide bonds. The summed E-state index contributed by atoms with van der Waals surface area (Å²) in [5.41, 5.74) is 0.943. The van der Waals surface area contributed by atoms with Crippen LogP contribution in [0.1, 0.15) is 25.8 Å². The van der Waals surface area contributed by atoms with Crippen LogP contribution in [0.15, 0.2) is 30.3 Å². The fraction of sp³-hybridized carbons (Fsp3) is 0.467. The van der Waals surface area contributed by atoms with Gasteiger partial charge in [0.25, 0.3) is 0 Å². The van der Waals surface area contributed by atoms with Crippen molar-refractivity contribution in [2.45, 2.75) is 39.0 Å². The molecule has 1 saturated heterocycles. The normalized spacial score (nSPS) is 26.2. The van der Waals surface area contributed by atoms with Crippen molar-refractivity contribution in [1.82, 2.24) is 4.90 Å². The van der Waals surface area contributed by atoms with Gasteiger partial charge in [-0.25, -0.2) is 4.79 Å². The molecule has 102 valence electrons. The van der Waals surface area contributed by atoms with Crippen LogP contribution in [0.3, 0.4) is 0 Å². The first kappa shape index (κ1) is 13.6. The van der Waals surface area contributed by atoms with Gasteiger partial charge in [0.2, 0.25) is 0 Å². The zero-order valence-corrected chi connectivity index (χ0v) is 11.3. The molecule has 0 saturated carbocycles. The Morgan fingerprint density at radius 2 is 2.05 bits per heavy atom. The third kappa shape index (κ3) is 2.95. The van der Waals surface area contributed by atoms with Gasteiger partial charge in [-0.2, -0.15) is 0 Å². The van der Waals surface area contributed by atoms with Crippen molar-refractivity contribution in [3.63, 3.8) is 0 Å². The highest BCUT2D eigenvalue weighted by Crippen LogP contribution is 2.29. The molecule has 1 aromatic carbocycles. The van der Waals surface area contributed by atoms with Gasteiger partial charge in [0.15, 0.2) is 0 Å². The van der Waals surface area contributed by atoms with Crippen molar-refractivity contribution in [2.24, 2.45) is 5.92 Å². The van der Waals surface area contributed by atoms with Crippen LogP contribution in [0.25, 0.3) is 0 Å². The summed E-state index contributed by atoms with van der Waals surface area (Å²) in [7, 11) is 0. The van der Waals surface area contributed by atoms with Gasteiger partial charge >= 0.3 is 6.09 Å². The summed E-state index contributed by atoms with van der Waals surface area (Å²) in [6.45, 7) is 4.24. The molecular formula is C15H19NO3. The molecule has 0 bridgehead atoms. The SMILES string of the molecule is C[C@@H]1[C@@H](C)CC(C=O)N1C(=O)OCc1ccccc1. The lowest BCUT2D eigenvalue weighted by Crippen LogP contribution is -2.41. The Morgan fingerprint density at radius 1 is 1.37 bits per heavy atom. The van der Waals surface area contributed by atoms with Crippen LogP contribution in [-0.2, 0) is 16.1 Å². The summed E-state index contributed by atoms with van der Waals surface area (Å²) in [4.78, 5) is 24.7. The van der Waals surface area contributed by atoms with Crippen molar-refractivity contribution in [2.75, 3.05) is 0 Å². The van der Waals surface area contributed by atoms with Gasteiger partial charge in [0.05, 0.1) is 6.04 Å². The number of carbonyl (C=O) groups is 2. The van der Waals surface area contributed by atoms with E-state index in [0.717, 1.165) is 11.8 Å². The zero-order valence-electron chi connectivity index (χ0n) is 11.3. The summed E-state index contributed by atoms with van der Waals surface area (Å²) in [6.07, 6.45) is 1.15. The first-order chi connectivity index (χ1) is 9.13. The van der Waals surface area contributed by atoms with E-state index in [1.165, 1.54) is 0 Å². The third-order valence-electron chi connectivity index (χ3n) is 3.81. The number of amides is 1. The first-order valence-electron chi connectivity index (χ1n) is 6.57. The Labute approximate surface area is 113 Å². The average molecular weight is 261 g/mol. The molecule has 1 unspecified atom stereocenters. The maximum atomic E-state index is 12.1. The van der Waals surface area contributed by atoms with E-state index >= 15 is 0 Å². The Hall–Kier alpha value is -1.84. The van der Waals surface area contributed by atoms with E-state index in [0.29, 0.717) is 12.3 Å². The Bertz CT molecular complexity index is 446. The standard InChI is InChI=1S/C15H19NO3/c1-11-8-14(9-17)16(12(11)2)15(18)19-10-13-6-4-3-5-7-13/h3-7,9,11-12,14H,8,10H2,1-2H3/t11-,12+,14?/m0/s1. The Balaban J connectivity index is 1.97. The second kappa shape index (κ2) is 5.87. The average Bonchev–Trinajstić information content (AvgIpc) is 2.73. The van der Waals surface area contributed by atoms with Crippen LogP contribution < -0.4 is 0 Å². The predicted molar refractivity (Wildman–Crippen MR) is 71.6 cm³/mol. The molecular weight excluding hydrogens is 242 g/mol. The number of benzene rings is 1. The highest BCUT2D eigenvalue weighted by atomic mass is 16.6. The zero-order chi connectivity index (χ0) is 13.8. The third-order valence-corrected chi connectivity index (χ3v) is 3.81. The molecule has 1 aliphatic heterocycles. The minimum atomic E-state index is -0.405. The summed E-state index contributed by atoms with van der Waals surface area (Å²) in [5, 5.41) is 0. The van der Waals surface area contributed by atoms with E-state index in [2.05, 4.69) is 0 Å². The van der Waals surface area contributed by atoms with Crippen LogP contribution in [0.2, 0.25) is 0 Å². The number of nitrogens with zero attached hydrogens (tertiary/aromatic N) is 1. The fourth-order valence-corrected chi connectivity index (χ4v) is 2.48. The molecule has 0 aromatic heterocycles.